The van der Waals surface area contributed by atoms with Crippen LogP contribution in [0.4, 0.5) is 5.69 Å². The van der Waals surface area contributed by atoms with Gasteiger partial charge in [0.25, 0.3) is 0 Å². The zero-order valence-corrected chi connectivity index (χ0v) is 12.1. The molecule has 21 heavy (non-hydrogen) atoms. The van der Waals surface area contributed by atoms with Crippen molar-refractivity contribution in [3.8, 4) is 22.7 Å². The number of anilines is 1. The normalized spacial score (nSPS) is 10.6. The summed E-state index contributed by atoms with van der Waals surface area (Å²) in [5.41, 5.74) is 8.88. The third-order valence-electron chi connectivity index (χ3n) is 3.08. The van der Waals surface area contributed by atoms with Crippen molar-refractivity contribution in [1.82, 2.24) is 15.0 Å². The third kappa shape index (κ3) is 2.68. The summed E-state index contributed by atoms with van der Waals surface area (Å²) in [7, 11) is 1.60. The standard InChI is InChI=1S/C15H13ClN4O/c1-21-15-7-6-12(17)8-14(15)20-9-13(18-19-20)10-2-4-11(16)5-3-10/h2-9H,17H2,1H3. The van der Waals surface area contributed by atoms with Crippen molar-refractivity contribution < 1.29 is 4.74 Å². The lowest BCUT2D eigenvalue weighted by atomic mass is 10.2. The van der Waals surface area contributed by atoms with E-state index in [1.54, 1.807) is 30.0 Å². The Morgan fingerprint density at radius 1 is 1.14 bits per heavy atom. The summed E-state index contributed by atoms with van der Waals surface area (Å²) < 4.78 is 6.96. The summed E-state index contributed by atoms with van der Waals surface area (Å²) in [6.07, 6.45) is 1.82. The van der Waals surface area contributed by atoms with Gasteiger partial charge in [-0.05, 0) is 30.3 Å². The number of halogens is 1. The molecule has 0 aliphatic rings. The van der Waals surface area contributed by atoms with Gasteiger partial charge in [0.1, 0.15) is 17.1 Å². The number of benzene rings is 2. The van der Waals surface area contributed by atoms with Crippen molar-refractivity contribution >= 4 is 17.3 Å². The number of hydrogen-bond acceptors (Lipinski definition) is 4. The van der Waals surface area contributed by atoms with E-state index in [0.717, 1.165) is 16.9 Å². The lowest BCUT2D eigenvalue weighted by Gasteiger charge is -2.08. The largest absolute Gasteiger partial charge is 0.494 e. The number of methoxy groups -OCH3 is 1. The number of aromatic nitrogens is 3. The number of rotatable bonds is 3. The molecule has 0 atom stereocenters. The molecule has 0 fully saturated rings. The van der Waals surface area contributed by atoms with Gasteiger partial charge in [-0.25, -0.2) is 4.68 Å². The smallest absolute Gasteiger partial charge is 0.144 e. The maximum atomic E-state index is 5.89. The van der Waals surface area contributed by atoms with Gasteiger partial charge in [0.15, 0.2) is 0 Å². The fourth-order valence-corrected chi connectivity index (χ4v) is 2.15. The van der Waals surface area contributed by atoms with E-state index in [1.165, 1.54) is 0 Å². The third-order valence-corrected chi connectivity index (χ3v) is 3.34. The van der Waals surface area contributed by atoms with Gasteiger partial charge in [0.05, 0.1) is 13.3 Å². The lowest BCUT2D eigenvalue weighted by Crippen LogP contribution is -2.00. The topological polar surface area (TPSA) is 66.0 Å². The molecule has 0 spiro atoms. The molecule has 5 nitrogen and oxygen atoms in total. The molecule has 0 aliphatic carbocycles. The first-order valence-corrected chi connectivity index (χ1v) is 6.67. The van der Waals surface area contributed by atoms with E-state index in [0.29, 0.717) is 16.5 Å². The van der Waals surface area contributed by atoms with Crippen LogP contribution in [0, 0.1) is 0 Å². The summed E-state index contributed by atoms with van der Waals surface area (Å²) in [4.78, 5) is 0. The van der Waals surface area contributed by atoms with Crippen molar-refractivity contribution in [2.75, 3.05) is 12.8 Å². The molecule has 0 saturated carbocycles. The zero-order chi connectivity index (χ0) is 14.8. The van der Waals surface area contributed by atoms with Crippen molar-refractivity contribution in [3.63, 3.8) is 0 Å². The number of nitrogens with zero attached hydrogens (tertiary/aromatic N) is 3. The van der Waals surface area contributed by atoms with E-state index in [1.807, 2.05) is 30.5 Å². The molecule has 0 radical (unpaired) electrons. The Labute approximate surface area is 126 Å². The van der Waals surface area contributed by atoms with E-state index in [2.05, 4.69) is 10.3 Å². The van der Waals surface area contributed by atoms with Crippen LogP contribution in [0.5, 0.6) is 5.75 Å². The average Bonchev–Trinajstić information content (AvgIpc) is 2.97. The van der Waals surface area contributed by atoms with Crippen LogP contribution in [0.15, 0.2) is 48.7 Å². The van der Waals surface area contributed by atoms with Crippen molar-refractivity contribution in [2.24, 2.45) is 0 Å². The molecule has 3 rings (SSSR count). The Balaban J connectivity index is 2.02. The maximum Gasteiger partial charge on any atom is 0.144 e. The minimum atomic E-state index is 0.634. The summed E-state index contributed by atoms with van der Waals surface area (Å²) in [5, 5.41) is 8.99. The highest BCUT2D eigenvalue weighted by atomic mass is 35.5. The highest BCUT2D eigenvalue weighted by molar-refractivity contribution is 6.30. The van der Waals surface area contributed by atoms with Gasteiger partial charge in [-0.15, -0.1) is 5.10 Å². The molecular formula is C15H13ClN4O. The second-order valence-corrected chi connectivity index (χ2v) is 4.92. The molecule has 0 saturated heterocycles. The number of nitrogens with two attached hydrogens (primary N) is 1. The Morgan fingerprint density at radius 3 is 2.62 bits per heavy atom. The molecule has 3 aromatic rings. The Bertz CT molecular complexity index is 768. The van der Waals surface area contributed by atoms with Crippen LogP contribution < -0.4 is 10.5 Å². The summed E-state index contributed by atoms with van der Waals surface area (Å²) in [6.45, 7) is 0. The molecule has 2 aromatic carbocycles. The summed E-state index contributed by atoms with van der Waals surface area (Å²) in [5.74, 6) is 0.678. The van der Waals surface area contributed by atoms with Crippen molar-refractivity contribution in [2.45, 2.75) is 0 Å². The molecule has 1 aromatic heterocycles. The first-order chi connectivity index (χ1) is 10.2. The molecule has 1 heterocycles. The molecular weight excluding hydrogens is 288 g/mol. The van der Waals surface area contributed by atoms with Crippen molar-refractivity contribution in [1.29, 1.82) is 0 Å². The van der Waals surface area contributed by atoms with Crippen LogP contribution in [0.2, 0.25) is 5.02 Å². The average molecular weight is 301 g/mol. The Kier molecular flexibility index (Phi) is 3.50. The quantitative estimate of drug-likeness (QED) is 0.754. The number of ether oxygens (including phenoxy) is 1. The fraction of sp³-hybridized carbons (Fsp3) is 0.0667. The Morgan fingerprint density at radius 2 is 1.90 bits per heavy atom. The number of hydrogen-bond donors (Lipinski definition) is 1. The van der Waals surface area contributed by atoms with Gasteiger partial charge < -0.3 is 10.5 Å². The lowest BCUT2D eigenvalue weighted by molar-refractivity contribution is 0.411. The first kappa shape index (κ1) is 13.5. The molecule has 2 N–H and O–H groups in total. The first-order valence-electron chi connectivity index (χ1n) is 6.29. The molecule has 0 aliphatic heterocycles. The SMILES string of the molecule is COc1ccc(N)cc1-n1cc(-c2ccc(Cl)cc2)nn1. The minimum Gasteiger partial charge on any atom is -0.494 e. The van der Waals surface area contributed by atoms with Gasteiger partial charge in [-0.1, -0.05) is 28.9 Å². The molecule has 0 bridgehead atoms. The highest BCUT2D eigenvalue weighted by Crippen LogP contribution is 2.26. The molecule has 106 valence electrons. The van der Waals surface area contributed by atoms with E-state index in [-0.39, 0.29) is 0 Å². The number of nitrogen functional groups attached to an aromatic ring is 1. The van der Waals surface area contributed by atoms with E-state index in [9.17, 15) is 0 Å². The molecule has 6 heteroatoms. The second kappa shape index (κ2) is 5.46. The van der Waals surface area contributed by atoms with Gasteiger partial charge in [0.2, 0.25) is 0 Å². The van der Waals surface area contributed by atoms with Gasteiger partial charge in [-0.3, -0.25) is 0 Å². The van der Waals surface area contributed by atoms with Gasteiger partial charge >= 0.3 is 0 Å². The molecule has 0 unspecified atom stereocenters. The minimum absolute atomic E-state index is 0.634. The monoisotopic (exact) mass is 300 g/mol. The van der Waals surface area contributed by atoms with Crippen LogP contribution in [0.3, 0.4) is 0 Å². The highest BCUT2D eigenvalue weighted by Gasteiger charge is 2.10. The summed E-state index contributed by atoms with van der Waals surface area (Å²) in [6, 6.07) is 12.8. The van der Waals surface area contributed by atoms with E-state index >= 15 is 0 Å². The van der Waals surface area contributed by atoms with Crippen molar-refractivity contribution in [3.05, 3.63) is 53.7 Å². The fourth-order valence-electron chi connectivity index (χ4n) is 2.02. The summed E-state index contributed by atoms with van der Waals surface area (Å²) >= 11 is 5.89. The zero-order valence-electron chi connectivity index (χ0n) is 11.3. The van der Waals surface area contributed by atoms with Crippen LogP contribution in [-0.4, -0.2) is 22.1 Å². The van der Waals surface area contributed by atoms with Gasteiger partial charge in [-0.2, -0.15) is 0 Å². The van der Waals surface area contributed by atoms with Crippen LogP contribution in [0.1, 0.15) is 0 Å². The Hall–Kier alpha value is -2.53. The van der Waals surface area contributed by atoms with Crippen LogP contribution in [0.25, 0.3) is 16.9 Å². The predicted octanol–water partition coefficient (Wildman–Crippen LogP) is 3.18. The van der Waals surface area contributed by atoms with Crippen LogP contribution in [-0.2, 0) is 0 Å². The van der Waals surface area contributed by atoms with Crippen LogP contribution >= 0.6 is 11.6 Å². The van der Waals surface area contributed by atoms with E-state index < -0.39 is 0 Å². The molecule has 0 amide bonds. The second-order valence-electron chi connectivity index (χ2n) is 4.49. The van der Waals surface area contributed by atoms with Gasteiger partial charge in [0, 0.05) is 16.3 Å². The predicted molar refractivity (Wildman–Crippen MR) is 82.8 cm³/mol. The van der Waals surface area contributed by atoms with E-state index in [4.69, 9.17) is 22.1 Å². The maximum absolute atomic E-state index is 5.89.